The molecule has 4 heteroatoms. The predicted molar refractivity (Wildman–Crippen MR) is 81.9 cm³/mol. The first kappa shape index (κ1) is 15.0. The fourth-order valence-electron chi connectivity index (χ4n) is 2.75. The smallest absolute Gasteiger partial charge is 0.0502 e. The summed E-state index contributed by atoms with van der Waals surface area (Å²) in [5.74, 6) is 0.741. The first-order valence-corrected chi connectivity index (χ1v) is 8.21. The summed E-state index contributed by atoms with van der Waals surface area (Å²) in [6, 6.07) is 4.34. The molecule has 19 heavy (non-hydrogen) atoms. The molecular formula is C15H26N2OS. The highest BCUT2D eigenvalue weighted by molar-refractivity contribution is 7.09. The summed E-state index contributed by atoms with van der Waals surface area (Å²) in [6.07, 6.45) is 3.81. The Morgan fingerprint density at radius 1 is 1.47 bits per heavy atom. The molecule has 1 aliphatic rings. The maximum absolute atomic E-state index is 5.27. The summed E-state index contributed by atoms with van der Waals surface area (Å²) >= 11 is 1.85. The Morgan fingerprint density at radius 2 is 2.42 bits per heavy atom. The second-order valence-corrected chi connectivity index (χ2v) is 6.38. The first-order valence-electron chi connectivity index (χ1n) is 7.33. The number of nitrogens with zero attached hydrogens (tertiary/aromatic N) is 1. The lowest BCUT2D eigenvalue weighted by atomic mass is 9.99. The number of likely N-dealkylation sites (tertiary alicyclic amines) is 1. The summed E-state index contributed by atoms with van der Waals surface area (Å²) in [5.41, 5.74) is 0. The van der Waals surface area contributed by atoms with Gasteiger partial charge in [0.2, 0.25) is 0 Å². The quantitative estimate of drug-likeness (QED) is 0.740. The lowest BCUT2D eigenvalue weighted by molar-refractivity contribution is 0.0911. The van der Waals surface area contributed by atoms with Crippen molar-refractivity contribution in [1.29, 1.82) is 0 Å². The molecule has 1 aromatic rings. The Kier molecular flexibility index (Phi) is 6.85. The minimum Gasteiger partial charge on any atom is -0.384 e. The molecule has 0 saturated carbocycles. The molecule has 1 fully saturated rings. The molecule has 2 rings (SSSR count). The Balaban J connectivity index is 1.52. The van der Waals surface area contributed by atoms with Crippen LogP contribution in [0.2, 0.25) is 0 Å². The van der Waals surface area contributed by atoms with Gasteiger partial charge in [0.25, 0.3) is 0 Å². The molecule has 108 valence electrons. The van der Waals surface area contributed by atoms with Gasteiger partial charge in [-0.3, -0.25) is 0 Å². The number of methoxy groups -OCH3 is 1. The Morgan fingerprint density at radius 3 is 3.21 bits per heavy atom. The average Bonchev–Trinajstić information content (AvgIpc) is 2.92. The minimum absolute atomic E-state index is 0.741. The van der Waals surface area contributed by atoms with Gasteiger partial charge in [0.05, 0.1) is 6.61 Å². The van der Waals surface area contributed by atoms with E-state index in [-0.39, 0.29) is 0 Å². The van der Waals surface area contributed by atoms with Gasteiger partial charge in [0.15, 0.2) is 0 Å². The molecule has 0 radical (unpaired) electrons. The number of hydrogen-bond acceptors (Lipinski definition) is 4. The van der Waals surface area contributed by atoms with E-state index in [1.54, 1.807) is 0 Å². The zero-order valence-electron chi connectivity index (χ0n) is 11.9. The normalized spacial score (nSPS) is 20.8. The van der Waals surface area contributed by atoms with Gasteiger partial charge >= 0.3 is 0 Å². The van der Waals surface area contributed by atoms with Crippen molar-refractivity contribution in [1.82, 2.24) is 10.2 Å². The van der Waals surface area contributed by atoms with E-state index >= 15 is 0 Å². The number of nitrogens with one attached hydrogen (secondary N) is 1. The molecule has 1 N–H and O–H groups in total. The van der Waals surface area contributed by atoms with Crippen LogP contribution in [-0.4, -0.2) is 51.3 Å². The van der Waals surface area contributed by atoms with Crippen molar-refractivity contribution in [2.75, 3.05) is 46.4 Å². The summed E-state index contributed by atoms with van der Waals surface area (Å²) < 4.78 is 5.27. The van der Waals surface area contributed by atoms with E-state index in [1.807, 2.05) is 18.4 Å². The molecule has 0 spiro atoms. The molecule has 1 atom stereocenters. The first-order chi connectivity index (χ1) is 9.38. The van der Waals surface area contributed by atoms with Crippen LogP contribution < -0.4 is 5.32 Å². The Hall–Kier alpha value is -0.420. The van der Waals surface area contributed by atoms with E-state index in [0.29, 0.717) is 0 Å². The largest absolute Gasteiger partial charge is 0.384 e. The van der Waals surface area contributed by atoms with Crippen molar-refractivity contribution in [3.63, 3.8) is 0 Å². The van der Waals surface area contributed by atoms with Crippen LogP contribution in [0.25, 0.3) is 0 Å². The van der Waals surface area contributed by atoms with Gasteiger partial charge in [-0.15, -0.1) is 11.3 Å². The van der Waals surface area contributed by atoms with Gasteiger partial charge in [0, 0.05) is 38.2 Å². The molecule has 2 heterocycles. The maximum Gasteiger partial charge on any atom is 0.0502 e. The second kappa shape index (κ2) is 8.69. The van der Waals surface area contributed by atoms with Crippen LogP contribution in [0.4, 0.5) is 0 Å². The molecule has 0 amide bonds. The molecule has 0 aliphatic carbocycles. The lowest BCUT2D eigenvalue weighted by Crippen LogP contribution is -2.40. The molecule has 0 aromatic carbocycles. The van der Waals surface area contributed by atoms with Crippen molar-refractivity contribution in [2.45, 2.75) is 19.3 Å². The highest BCUT2D eigenvalue weighted by atomic mass is 32.1. The molecule has 3 nitrogen and oxygen atoms in total. The predicted octanol–water partition coefficient (Wildman–Crippen LogP) is 2.24. The lowest BCUT2D eigenvalue weighted by Gasteiger charge is -2.32. The van der Waals surface area contributed by atoms with Gasteiger partial charge in [-0.05, 0) is 43.2 Å². The highest BCUT2D eigenvalue weighted by Crippen LogP contribution is 2.15. The molecular weight excluding hydrogens is 256 g/mol. The van der Waals surface area contributed by atoms with Crippen molar-refractivity contribution >= 4 is 11.3 Å². The molecule has 0 bridgehead atoms. The third kappa shape index (κ3) is 5.61. The third-order valence-electron chi connectivity index (χ3n) is 3.74. The number of ether oxygens (including phenoxy) is 1. The van der Waals surface area contributed by atoms with Crippen molar-refractivity contribution in [3.05, 3.63) is 22.4 Å². The number of hydrogen-bond donors (Lipinski definition) is 1. The van der Waals surface area contributed by atoms with Crippen molar-refractivity contribution < 1.29 is 4.74 Å². The Bertz CT molecular complexity index is 327. The maximum atomic E-state index is 5.27. The van der Waals surface area contributed by atoms with Crippen molar-refractivity contribution in [3.8, 4) is 0 Å². The summed E-state index contributed by atoms with van der Waals surface area (Å²) in [5, 5.41) is 5.70. The standard InChI is InChI=1S/C15H26N2OS/c1-18-13-14-4-2-9-17(12-14)10-8-16-7-6-15-5-3-11-19-15/h3,5,11,14,16H,2,4,6-10,12-13H2,1H3. The van der Waals surface area contributed by atoms with Crippen LogP contribution >= 0.6 is 11.3 Å². The van der Waals surface area contributed by atoms with E-state index in [2.05, 4.69) is 27.7 Å². The summed E-state index contributed by atoms with van der Waals surface area (Å²) in [7, 11) is 1.81. The van der Waals surface area contributed by atoms with Gasteiger partial charge in [-0.2, -0.15) is 0 Å². The molecule has 1 aliphatic heterocycles. The number of thiophene rings is 1. The summed E-state index contributed by atoms with van der Waals surface area (Å²) in [4.78, 5) is 4.05. The van der Waals surface area contributed by atoms with Crippen LogP contribution in [0.1, 0.15) is 17.7 Å². The minimum atomic E-state index is 0.741. The number of rotatable bonds is 8. The van der Waals surface area contributed by atoms with Crippen LogP contribution in [0.5, 0.6) is 0 Å². The second-order valence-electron chi connectivity index (χ2n) is 5.34. The highest BCUT2D eigenvalue weighted by Gasteiger charge is 2.18. The van der Waals surface area contributed by atoms with E-state index in [0.717, 1.165) is 32.0 Å². The summed E-state index contributed by atoms with van der Waals surface area (Å²) in [6.45, 7) is 6.75. The van der Waals surface area contributed by atoms with Crippen LogP contribution in [0.15, 0.2) is 17.5 Å². The van der Waals surface area contributed by atoms with Crippen LogP contribution in [-0.2, 0) is 11.2 Å². The van der Waals surface area contributed by atoms with E-state index in [9.17, 15) is 0 Å². The van der Waals surface area contributed by atoms with E-state index in [4.69, 9.17) is 4.74 Å². The molecule has 1 unspecified atom stereocenters. The van der Waals surface area contributed by atoms with Gasteiger partial charge in [-0.1, -0.05) is 6.07 Å². The van der Waals surface area contributed by atoms with Crippen LogP contribution in [0, 0.1) is 5.92 Å². The van der Waals surface area contributed by atoms with Crippen molar-refractivity contribution in [2.24, 2.45) is 5.92 Å². The molecule has 1 aromatic heterocycles. The average molecular weight is 282 g/mol. The monoisotopic (exact) mass is 282 g/mol. The van der Waals surface area contributed by atoms with E-state index < -0.39 is 0 Å². The topological polar surface area (TPSA) is 24.5 Å². The molecule has 1 saturated heterocycles. The van der Waals surface area contributed by atoms with Crippen LogP contribution in [0.3, 0.4) is 0 Å². The SMILES string of the molecule is COCC1CCCN(CCNCCc2cccs2)C1. The zero-order valence-corrected chi connectivity index (χ0v) is 12.8. The Labute approximate surface area is 121 Å². The fraction of sp³-hybridized carbons (Fsp3) is 0.733. The third-order valence-corrected chi connectivity index (χ3v) is 4.67. The van der Waals surface area contributed by atoms with E-state index in [1.165, 1.54) is 37.4 Å². The van der Waals surface area contributed by atoms with Gasteiger partial charge < -0.3 is 15.0 Å². The van der Waals surface area contributed by atoms with Gasteiger partial charge in [0.1, 0.15) is 0 Å². The number of piperidine rings is 1. The zero-order chi connectivity index (χ0) is 13.3. The van der Waals surface area contributed by atoms with Gasteiger partial charge in [-0.25, -0.2) is 0 Å². The fourth-order valence-corrected chi connectivity index (χ4v) is 3.46.